The average Bonchev–Trinajstić information content (AvgIpc) is 3.43. The molecule has 186 valence electrons. The highest BCUT2D eigenvalue weighted by atomic mass is 16.2. The number of rotatable bonds is 5. The van der Waals surface area contributed by atoms with E-state index in [0.717, 1.165) is 55.4 Å². The van der Waals surface area contributed by atoms with Gasteiger partial charge in [0.05, 0.1) is 18.1 Å². The van der Waals surface area contributed by atoms with Crippen molar-refractivity contribution in [1.82, 2.24) is 34.3 Å². The lowest BCUT2D eigenvalue weighted by atomic mass is 10.1. The summed E-state index contributed by atoms with van der Waals surface area (Å²) in [4.78, 5) is 26.7. The molecule has 2 atom stereocenters. The fourth-order valence-electron chi connectivity index (χ4n) is 4.95. The number of imidazole rings is 1. The molecular formula is C26H31N9O. The molecule has 5 heterocycles. The number of likely N-dealkylation sites (N-methyl/N-ethyl adjacent to an activating group) is 1. The lowest BCUT2D eigenvalue weighted by molar-refractivity contribution is -0.117. The van der Waals surface area contributed by atoms with Crippen LogP contribution in [0.5, 0.6) is 0 Å². The van der Waals surface area contributed by atoms with E-state index in [1.54, 1.807) is 10.7 Å². The molecule has 2 aliphatic rings. The Morgan fingerprint density at radius 3 is 2.64 bits per heavy atom. The fourth-order valence-corrected chi connectivity index (χ4v) is 4.95. The predicted octanol–water partition coefficient (Wildman–Crippen LogP) is 2.64. The van der Waals surface area contributed by atoms with Gasteiger partial charge >= 0.3 is 0 Å². The maximum atomic E-state index is 12.9. The average molecular weight is 486 g/mol. The van der Waals surface area contributed by atoms with Crippen LogP contribution in [0, 0.1) is 19.8 Å². The standard InChI is InChI=1S/C26H31N9O/c1-16-11-21(27-13-17(16)2)18-12-19(18)26(36)30-23-15-35-24(29-23)6-5-20(31-35)25-22(14-28-33(25)4)34-9-7-32(3)8-10-34/h5-6,11,13-15,18-19H,7-10,12H2,1-4H3,(H,30,36)/t18-,19+/m1/s1. The van der Waals surface area contributed by atoms with Crippen molar-refractivity contribution in [2.24, 2.45) is 13.0 Å². The molecule has 1 saturated carbocycles. The molecule has 36 heavy (non-hydrogen) atoms. The van der Waals surface area contributed by atoms with E-state index < -0.39 is 0 Å². The van der Waals surface area contributed by atoms with Crippen LogP contribution in [0.4, 0.5) is 11.5 Å². The van der Waals surface area contributed by atoms with Crippen molar-refractivity contribution < 1.29 is 4.79 Å². The van der Waals surface area contributed by atoms with Gasteiger partial charge in [0.15, 0.2) is 11.5 Å². The second-order valence-corrected chi connectivity index (χ2v) is 10.1. The zero-order valence-electron chi connectivity index (χ0n) is 21.1. The van der Waals surface area contributed by atoms with Crippen LogP contribution in [0.25, 0.3) is 17.0 Å². The third-order valence-electron chi connectivity index (χ3n) is 7.48. The summed E-state index contributed by atoms with van der Waals surface area (Å²) in [5.74, 6) is 0.581. The van der Waals surface area contributed by atoms with Gasteiger partial charge in [-0.15, -0.1) is 0 Å². The summed E-state index contributed by atoms with van der Waals surface area (Å²) in [6.45, 7) is 8.08. The number of piperazine rings is 1. The van der Waals surface area contributed by atoms with Crippen molar-refractivity contribution in [3.05, 3.63) is 53.6 Å². The van der Waals surface area contributed by atoms with Crippen LogP contribution in [-0.4, -0.2) is 73.4 Å². The first kappa shape index (κ1) is 22.7. The number of hydrogen-bond acceptors (Lipinski definition) is 7. The number of amides is 1. The molecule has 2 fully saturated rings. The molecule has 4 aromatic rings. The first-order chi connectivity index (χ1) is 17.4. The maximum absolute atomic E-state index is 12.9. The van der Waals surface area contributed by atoms with E-state index in [1.165, 1.54) is 11.1 Å². The van der Waals surface area contributed by atoms with Crippen LogP contribution in [0.1, 0.15) is 29.2 Å². The van der Waals surface area contributed by atoms with Gasteiger partial charge in [-0.1, -0.05) is 0 Å². The molecule has 10 nitrogen and oxygen atoms in total. The first-order valence-electron chi connectivity index (χ1n) is 12.4. The van der Waals surface area contributed by atoms with Gasteiger partial charge in [0, 0.05) is 57.0 Å². The molecule has 1 aliphatic heterocycles. The van der Waals surface area contributed by atoms with Crippen molar-refractivity contribution in [3.63, 3.8) is 0 Å². The monoisotopic (exact) mass is 485 g/mol. The Bertz CT molecular complexity index is 1450. The molecule has 1 amide bonds. The Labute approximate surface area is 209 Å². The number of hydrogen-bond donors (Lipinski definition) is 1. The second-order valence-electron chi connectivity index (χ2n) is 10.1. The molecule has 1 aliphatic carbocycles. The normalized spacial score (nSPS) is 20.2. The van der Waals surface area contributed by atoms with Gasteiger partial charge in [-0.2, -0.15) is 10.2 Å². The number of anilines is 2. The predicted molar refractivity (Wildman–Crippen MR) is 138 cm³/mol. The van der Waals surface area contributed by atoms with Gasteiger partial charge in [0.25, 0.3) is 0 Å². The molecular weight excluding hydrogens is 454 g/mol. The van der Waals surface area contributed by atoms with Crippen molar-refractivity contribution in [1.29, 1.82) is 0 Å². The Kier molecular flexibility index (Phi) is 5.48. The molecule has 1 saturated heterocycles. The van der Waals surface area contributed by atoms with Gasteiger partial charge in [0.2, 0.25) is 5.91 Å². The van der Waals surface area contributed by atoms with Crippen molar-refractivity contribution in [2.45, 2.75) is 26.2 Å². The van der Waals surface area contributed by atoms with E-state index in [2.05, 4.69) is 50.2 Å². The van der Waals surface area contributed by atoms with Crippen molar-refractivity contribution >= 4 is 23.1 Å². The molecule has 0 spiro atoms. The second kappa shape index (κ2) is 8.70. The molecule has 0 radical (unpaired) electrons. The number of fused-ring (bicyclic) bond motifs is 1. The highest BCUT2D eigenvalue weighted by molar-refractivity contribution is 5.94. The van der Waals surface area contributed by atoms with Crippen LogP contribution in [0.3, 0.4) is 0 Å². The van der Waals surface area contributed by atoms with Crippen LogP contribution in [0.15, 0.2) is 36.8 Å². The molecule has 0 aromatic carbocycles. The van der Waals surface area contributed by atoms with E-state index in [0.29, 0.717) is 11.5 Å². The first-order valence-corrected chi connectivity index (χ1v) is 12.4. The highest BCUT2D eigenvalue weighted by Gasteiger charge is 2.45. The maximum Gasteiger partial charge on any atom is 0.229 e. The summed E-state index contributed by atoms with van der Waals surface area (Å²) in [6, 6.07) is 5.99. The van der Waals surface area contributed by atoms with Crippen LogP contribution in [-0.2, 0) is 11.8 Å². The molecule has 0 bridgehead atoms. The zero-order chi connectivity index (χ0) is 25.0. The van der Waals surface area contributed by atoms with Gasteiger partial charge in [-0.25, -0.2) is 9.50 Å². The Morgan fingerprint density at radius 1 is 1.06 bits per heavy atom. The number of carbonyl (C=O) groups is 1. The quantitative estimate of drug-likeness (QED) is 0.464. The minimum atomic E-state index is -0.0754. The molecule has 6 rings (SSSR count). The largest absolute Gasteiger partial charge is 0.366 e. The Balaban J connectivity index is 1.20. The van der Waals surface area contributed by atoms with Crippen LogP contribution < -0.4 is 10.2 Å². The van der Waals surface area contributed by atoms with E-state index >= 15 is 0 Å². The number of aryl methyl sites for hydroxylation is 3. The van der Waals surface area contributed by atoms with E-state index in [1.807, 2.05) is 43.2 Å². The van der Waals surface area contributed by atoms with Gasteiger partial charge in [-0.3, -0.25) is 14.5 Å². The number of pyridine rings is 1. The number of aromatic nitrogens is 6. The number of carbonyl (C=O) groups excluding carboxylic acids is 1. The minimum Gasteiger partial charge on any atom is -0.366 e. The molecule has 1 N–H and O–H groups in total. The van der Waals surface area contributed by atoms with E-state index in [9.17, 15) is 4.79 Å². The number of nitrogens with zero attached hydrogens (tertiary/aromatic N) is 8. The molecule has 10 heteroatoms. The van der Waals surface area contributed by atoms with E-state index in [-0.39, 0.29) is 17.7 Å². The summed E-state index contributed by atoms with van der Waals surface area (Å²) < 4.78 is 3.59. The smallest absolute Gasteiger partial charge is 0.229 e. The number of nitrogens with one attached hydrogen (secondary N) is 1. The Morgan fingerprint density at radius 2 is 1.86 bits per heavy atom. The topological polar surface area (TPSA) is 96.5 Å². The van der Waals surface area contributed by atoms with Gasteiger partial charge < -0.3 is 15.1 Å². The SMILES string of the molecule is Cc1cnc([C@@H]2C[C@@H]2C(=O)Nc2cn3nc(-c4c(N5CCN(C)CC5)cnn4C)ccc3n2)cc1C. The Hall–Kier alpha value is -3.79. The third kappa shape index (κ3) is 4.11. The molecule has 0 unspecified atom stereocenters. The summed E-state index contributed by atoms with van der Waals surface area (Å²) in [7, 11) is 4.09. The van der Waals surface area contributed by atoms with Crippen LogP contribution >= 0.6 is 0 Å². The zero-order valence-corrected chi connectivity index (χ0v) is 21.1. The minimum absolute atomic E-state index is 0.0207. The lowest BCUT2D eigenvalue weighted by Gasteiger charge is -2.33. The molecule has 4 aromatic heterocycles. The van der Waals surface area contributed by atoms with Crippen molar-refractivity contribution in [3.8, 4) is 11.4 Å². The van der Waals surface area contributed by atoms with Gasteiger partial charge in [-0.05, 0) is 56.6 Å². The van der Waals surface area contributed by atoms with Gasteiger partial charge in [0.1, 0.15) is 11.4 Å². The summed E-state index contributed by atoms with van der Waals surface area (Å²) in [6.07, 6.45) is 6.39. The lowest BCUT2D eigenvalue weighted by Crippen LogP contribution is -2.44. The third-order valence-corrected chi connectivity index (χ3v) is 7.48. The van der Waals surface area contributed by atoms with Crippen molar-refractivity contribution in [2.75, 3.05) is 43.4 Å². The van der Waals surface area contributed by atoms with E-state index in [4.69, 9.17) is 5.10 Å². The fraction of sp³-hybridized carbons (Fsp3) is 0.423. The summed E-state index contributed by atoms with van der Waals surface area (Å²) in [5, 5.41) is 12.3. The summed E-state index contributed by atoms with van der Waals surface area (Å²) in [5.41, 5.74) is 6.92. The highest BCUT2D eigenvalue weighted by Crippen LogP contribution is 2.47. The summed E-state index contributed by atoms with van der Waals surface area (Å²) >= 11 is 0. The van der Waals surface area contributed by atoms with Crippen LogP contribution in [0.2, 0.25) is 0 Å².